The minimum absolute atomic E-state index is 0.0366. The van der Waals surface area contributed by atoms with Crippen molar-refractivity contribution in [2.75, 3.05) is 0 Å². The second-order valence-corrected chi connectivity index (χ2v) is 7.79. The molecule has 0 amide bonds. The number of hydrogen-bond acceptors (Lipinski definition) is 1. The van der Waals surface area contributed by atoms with Gasteiger partial charge in [-0.1, -0.05) is 45.8 Å². The van der Waals surface area contributed by atoms with E-state index in [1.54, 1.807) is 18.2 Å². The topological polar surface area (TPSA) is 21.4 Å². The van der Waals surface area contributed by atoms with Gasteiger partial charge in [0.1, 0.15) is 18.2 Å². The number of furan rings is 1. The third kappa shape index (κ3) is 3.08. The fourth-order valence-electron chi connectivity index (χ4n) is 3.94. The van der Waals surface area contributed by atoms with Crippen LogP contribution in [0.3, 0.4) is 0 Å². The molecule has 3 heteroatoms. The molecule has 4 rings (SSSR count). The number of pyridine rings is 1. The highest BCUT2D eigenvalue weighted by Gasteiger charge is 2.24. The molecule has 2 aromatic carbocycles. The van der Waals surface area contributed by atoms with E-state index in [1.165, 1.54) is 19.9 Å². The summed E-state index contributed by atoms with van der Waals surface area (Å²) >= 11 is 0. The van der Waals surface area contributed by atoms with E-state index in [0.717, 1.165) is 11.3 Å². The maximum atomic E-state index is 8.64. The largest absolute Gasteiger partial charge is 0.456 e. The molecule has 3 nitrogen and oxygen atoms in total. The second kappa shape index (κ2) is 7.29. The first-order chi connectivity index (χ1) is 17.3. The van der Waals surface area contributed by atoms with Crippen LogP contribution in [0.2, 0.25) is 0 Å². The first-order valence-corrected chi connectivity index (χ1v) is 9.72. The van der Waals surface area contributed by atoms with E-state index in [9.17, 15) is 0 Å². The lowest BCUT2D eigenvalue weighted by Crippen LogP contribution is -2.35. The monoisotopic (exact) mass is 405 g/mol. The number of hydrogen-bond donors (Lipinski definition) is 0. The van der Waals surface area contributed by atoms with Gasteiger partial charge in [-0.25, -0.2) is 4.85 Å². The average molecular weight is 406 g/mol. The van der Waals surface area contributed by atoms with Gasteiger partial charge in [0.05, 0.1) is 12.1 Å². The van der Waals surface area contributed by atoms with Crippen molar-refractivity contribution in [3.05, 3.63) is 70.2 Å². The van der Waals surface area contributed by atoms with Gasteiger partial charge in [0.25, 0.3) is 0 Å². The summed E-state index contributed by atoms with van der Waals surface area (Å²) in [6.45, 7) is 8.83. The Balaban J connectivity index is 2.09. The minimum Gasteiger partial charge on any atom is -0.456 e. The van der Waals surface area contributed by atoms with Gasteiger partial charge in [0.15, 0.2) is 11.4 Å². The predicted octanol–water partition coefficient (Wildman–Crippen LogP) is 7.49. The van der Waals surface area contributed by atoms with Crippen LogP contribution in [0.1, 0.15) is 72.7 Å². The van der Waals surface area contributed by atoms with Gasteiger partial charge in [-0.05, 0) is 41.5 Å². The van der Waals surface area contributed by atoms with Crippen LogP contribution in [0.15, 0.2) is 40.8 Å². The molecule has 2 aromatic heterocycles. The maximum absolute atomic E-state index is 8.64. The van der Waals surface area contributed by atoms with Crippen molar-refractivity contribution in [3.8, 4) is 11.3 Å². The molecular formula is C27H29N2O+. The zero-order valence-corrected chi connectivity index (χ0v) is 17.8. The predicted molar refractivity (Wildman–Crippen MR) is 124 cm³/mol. The van der Waals surface area contributed by atoms with E-state index in [1.807, 2.05) is 37.6 Å². The van der Waals surface area contributed by atoms with Crippen molar-refractivity contribution < 1.29 is 20.0 Å². The molecule has 0 aliphatic rings. The third-order valence-electron chi connectivity index (χ3n) is 5.73. The van der Waals surface area contributed by atoms with Crippen LogP contribution in [-0.2, 0) is 7.05 Å². The molecule has 0 fully saturated rings. The molecule has 4 aromatic rings. The zero-order chi connectivity index (χ0) is 28.6. The van der Waals surface area contributed by atoms with Crippen molar-refractivity contribution in [1.82, 2.24) is 0 Å². The molecule has 0 aliphatic heterocycles. The Kier molecular flexibility index (Phi) is 3.05. The standard InChI is InChI=1S/C27H29N2O/c1-15(2)19-11-18(6)29(8)24(12-19)26-17(5)9-10-20-22-13-21(16(3)4)23(28-7)14-25(22)30-27(20)26/h9-16H,1-6,8H3/q+1/i1D3,3D3,15D,16D. The first-order valence-electron chi connectivity index (χ1n) is 13.7. The number of benzene rings is 2. The number of aryl methyl sites for hydroxylation is 2. The lowest BCUT2D eigenvalue weighted by molar-refractivity contribution is -0.666. The highest BCUT2D eigenvalue weighted by Crippen LogP contribution is 2.41. The summed E-state index contributed by atoms with van der Waals surface area (Å²) in [6, 6.07) is 10.2. The van der Waals surface area contributed by atoms with Gasteiger partial charge in [-0.3, -0.25) is 0 Å². The van der Waals surface area contributed by atoms with Crippen molar-refractivity contribution in [1.29, 1.82) is 0 Å². The van der Waals surface area contributed by atoms with E-state index in [0.29, 0.717) is 38.8 Å². The summed E-state index contributed by atoms with van der Waals surface area (Å²) in [5, 5.41) is 1.25. The van der Waals surface area contributed by atoms with E-state index in [2.05, 4.69) is 4.85 Å². The van der Waals surface area contributed by atoms with Gasteiger partial charge in [0, 0.05) is 40.8 Å². The number of fused-ring (bicyclic) bond motifs is 3. The van der Waals surface area contributed by atoms with Crippen molar-refractivity contribution >= 4 is 27.6 Å². The molecular weight excluding hydrogens is 368 g/mol. The van der Waals surface area contributed by atoms with Crippen LogP contribution in [-0.4, -0.2) is 0 Å². The fourth-order valence-corrected chi connectivity index (χ4v) is 3.94. The summed E-state index contributed by atoms with van der Waals surface area (Å²) in [5.41, 5.74) is 4.30. The van der Waals surface area contributed by atoms with Gasteiger partial charge >= 0.3 is 0 Å². The van der Waals surface area contributed by atoms with Gasteiger partial charge in [-0.2, -0.15) is 4.57 Å². The summed E-state index contributed by atoms with van der Waals surface area (Å²) in [6.07, 6.45) is 0. The van der Waals surface area contributed by atoms with Crippen LogP contribution in [0.4, 0.5) is 5.69 Å². The van der Waals surface area contributed by atoms with Crippen LogP contribution < -0.4 is 4.57 Å². The van der Waals surface area contributed by atoms with Crippen LogP contribution in [0.5, 0.6) is 0 Å². The van der Waals surface area contributed by atoms with Gasteiger partial charge in [-0.15, -0.1) is 0 Å². The highest BCUT2D eigenvalue weighted by atomic mass is 16.3. The van der Waals surface area contributed by atoms with Gasteiger partial charge in [0.2, 0.25) is 5.69 Å². The summed E-state index contributed by atoms with van der Waals surface area (Å²) in [7, 11) is 1.85. The molecule has 0 N–H and O–H groups in total. The number of nitrogens with zero attached hydrogens (tertiary/aromatic N) is 2. The first kappa shape index (κ1) is 12.5. The smallest absolute Gasteiger partial charge is 0.216 e. The molecule has 0 aliphatic carbocycles. The molecule has 0 saturated heterocycles. The third-order valence-corrected chi connectivity index (χ3v) is 5.73. The summed E-state index contributed by atoms with van der Waals surface area (Å²) in [4.78, 5) is 3.50. The van der Waals surface area contributed by atoms with Gasteiger partial charge < -0.3 is 4.42 Å². The Hall–Kier alpha value is -3.12. The Labute approximate surface area is 190 Å². The summed E-state index contributed by atoms with van der Waals surface area (Å²) in [5.74, 6) is -3.85. The summed E-state index contributed by atoms with van der Waals surface area (Å²) < 4.78 is 72.8. The van der Waals surface area contributed by atoms with E-state index >= 15 is 0 Å². The number of rotatable bonds is 3. The number of aromatic nitrogens is 1. The van der Waals surface area contributed by atoms with E-state index in [4.69, 9.17) is 22.0 Å². The molecule has 2 atom stereocenters. The van der Waals surface area contributed by atoms with Crippen molar-refractivity contribution in [3.63, 3.8) is 0 Å². The molecule has 152 valence electrons. The Morgan fingerprint density at radius 3 is 2.53 bits per heavy atom. The zero-order valence-electron chi connectivity index (χ0n) is 25.8. The molecule has 0 spiro atoms. The lowest BCUT2D eigenvalue weighted by atomic mass is 9.95. The minimum atomic E-state index is -2.65. The van der Waals surface area contributed by atoms with Crippen LogP contribution in [0.25, 0.3) is 38.0 Å². The second-order valence-electron chi connectivity index (χ2n) is 7.79. The van der Waals surface area contributed by atoms with Crippen LogP contribution in [0, 0.1) is 20.4 Å². The molecule has 2 unspecified atom stereocenters. The normalized spacial score (nSPS) is 20.4. The van der Waals surface area contributed by atoms with Crippen molar-refractivity contribution in [2.24, 2.45) is 7.05 Å². The molecule has 30 heavy (non-hydrogen) atoms. The van der Waals surface area contributed by atoms with Crippen LogP contribution >= 0.6 is 0 Å². The lowest BCUT2D eigenvalue weighted by Gasteiger charge is -2.11. The Morgan fingerprint density at radius 2 is 1.83 bits per heavy atom. The molecule has 2 heterocycles. The van der Waals surface area contributed by atoms with E-state index < -0.39 is 25.5 Å². The molecule has 0 bridgehead atoms. The fraction of sp³-hybridized carbons (Fsp3) is 0.333. The Bertz CT molecular complexity index is 1640. The highest BCUT2D eigenvalue weighted by molar-refractivity contribution is 6.10. The average Bonchev–Trinajstić information content (AvgIpc) is 3.16. The Morgan fingerprint density at radius 1 is 1.07 bits per heavy atom. The molecule has 0 radical (unpaired) electrons. The van der Waals surface area contributed by atoms with Crippen molar-refractivity contribution in [2.45, 2.75) is 53.2 Å². The molecule has 0 saturated carbocycles. The van der Waals surface area contributed by atoms with E-state index in [-0.39, 0.29) is 11.3 Å². The SMILES string of the molecule is [2H]C([2H])([2H])C([2H])(C)c1cc(C)[n+](C)c(-c2c(C)ccc3c2oc2cc([N+]#[C-])c(C([2H])(C)C([2H])([2H])[2H])cc23)c1. The quantitative estimate of drug-likeness (QED) is 0.255. The maximum Gasteiger partial charge on any atom is 0.216 e.